The molecule has 69 heavy (non-hydrogen) atoms. The summed E-state index contributed by atoms with van der Waals surface area (Å²) in [5.74, 6) is -0.715. The molecule has 0 aromatic heterocycles. The number of rotatable bonds is 49. The van der Waals surface area contributed by atoms with Crippen molar-refractivity contribution in [3.05, 3.63) is 36.5 Å². The van der Waals surface area contributed by atoms with Gasteiger partial charge in [0.1, 0.15) is 36.6 Å². The van der Waals surface area contributed by atoms with E-state index in [0.717, 1.165) is 64.2 Å². The minimum absolute atomic E-state index is 0.243. The Bertz CT molecular complexity index is 1210. The molecule has 1 fully saturated rings. The van der Waals surface area contributed by atoms with Gasteiger partial charge >= 0.3 is 0 Å². The van der Waals surface area contributed by atoms with Crippen molar-refractivity contribution in [2.75, 3.05) is 13.2 Å². The topological polar surface area (TPSA) is 189 Å². The number of unbranched alkanes of at least 4 members (excludes halogenated alkanes) is 31. The smallest absolute Gasteiger partial charge is 0.249 e. The average molecular weight is 981 g/mol. The fourth-order valence-electron chi connectivity index (χ4n) is 9.16. The number of amides is 1. The molecule has 11 heteroatoms. The van der Waals surface area contributed by atoms with E-state index in [0.29, 0.717) is 19.3 Å². The third-order valence-corrected chi connectivity index (χ3v) is 13.9. The lowest BCUT2D eigenvalue weighted by molar-refractivity contribution is -0.303. The van der Waals surface area contributed by atoms with Crippen LogP contribution >= 0.6 is 0 Å². The minimum atomic E-state index is -1.67. The minimum Gasteiger partial charge on any atom is -0.394 e. The van der Waals surface area contributed by atoms with Gasteiger partial charge in [-0.1, -0.05) is 217 Å². The molecule has 406 valence electrons. The summed E-state index contributed by atoms with van der Waals surface area (Å²) in [5, 5.41) is 76.0. The van der Waals surface area contributed by atoms with Gasteiger partial charge < -0.3 is 50.5 Å². The molecule has 9 unspecified atom stereocenters. The molecule has 1 aliphatic rings. The van der Waals surface area contributed by atoms with Crippen LogP contribution in [-0.4, -0.2) is 110 Å². The van der Waals surface area contributed by atoms with Crippen molar-refractivity contribution in [1.29, 1.82) is 0 Å². The molecule has 9 atom stereocenters. The number of ether oxygens (including phenoxy) is 2. The molecule has 8 N–H and O–H groups in total. The average Bonchev–Trinajstić information content (AvgIpc) is 3.35. The van der Waals surface area contributed by atoms with Crippen molar-refractivity contribution in [3.8, 4) is 0 Å². The highest BCUT2D eigenvalue weighted by atomic mass is 16.7. The van der Waals surface area contributed by atoms with Gasteiger partial charge in [0.05, 0.1) is 25.4 Å². The maximum Gasteiger partial charge on any atom is 0.249 e. The van der Waals surface area contributed by atoms with Gasteiger partial charge in [-0.3, -0.25) is 4.79 Å². The third-order valence-electron chi connectivity index (χ3n) is 13.9. The van der Waals surface area contributed by atoms with E-state index >= 15 is 0 Å². The lowest BCUT2D eigenvalue weighted by atomic mass is 9.98. The third kappa shape index (κ3) is 36.0. The first-order valence-electron chi connectivity index (χ1n) is 28.9. The Morgan fingerprint density at radius 2 is 0.870 bits per heavy atom. The number of allylic oxidation sites excluding steroid dienone is 6. The number of hydrogen-bond acceptors (Lipinski definition) is 10. The van der Waals surface area contributed by atoms with E-state index in [1.165, 1.54) is 148 Å². The second-order valence-corrected chi connectivity index (χ2v) is 20.3. The van der Waals surface area contributed by atoms with Crippen LogP contribution in [0.5, 0.6) is 0 Å². The first-order valence-corrected chi connectivity index (χ1v) is 28.9. The maximum absolute atomic E-state index is 13.1. The number of carbonyl (C=O) groups excluding carboxylic acids is 1. The second-order valence-electron chi connectivity index (χ2n) is 20.3. The van der Waals surface area contributed by atoms with Gasteiger partial charge in [-0.15, -0.1) is 0 Å². The van der Waals surface area contributed by atoms with Crippen molar-refractivity contribution in [3.63, 3.8) is 0 Å². The summed E-state index contributed by atoms with van der Waals surface area (Å²) in [7, 11) is 0. The van der Waals surface area contributed by atoms with Crippen LogP contribution in [-0.2, 0) is 14.3 Å². The first kappa shape index (κ1) is 65.3. The second kappa shape index (κ2) is 47.3. The molecular formula is C58H109NO10. The Morgan fingerprint density at radius 3 is 1.30 bits per heavy atom. The Hall–Kier alpha value is -1.67. The number of aliphatic hydroxyl groups excluding tert-OH is 7. The summed E-state index contributed by atoms with van der Waals surface area (Å²) in [6, 6.07) is -1.19. The van der Waals surface area contributed by atoms with Crippen LogP contribution in [0.4, 0.5) is 0 Å². The number of nitrogens with one attached hydrogen (secondary N) is 1. The monoisotopic (exact) mass is 980 g/mol. The zero-order valence-electron chi connectivity index (χ0n) is 44.3. The van der Waals surface area contributed by atoms with Crippen LogP contribution in [0.2, 0.25) is 0 Å². The van der Waals surface area contributed by atoms with Gasteiger partial charge in [-0.25, -0.2) is 0 Å². The number of hydrogen-bond donors (Lipinski definition) is 8. The van der Waals surface area contributed by atoms with E-state index in [1.807, 2.05) is 0 Å². The molecule has 0 bridgehead atoms. The van der Waals surface area contributed by atoms with Gasteiger partial charge in [0.2, 0.25) is 5.91 Å². The predicted octanol–water partition coefficient (Wildman–Crippen LogP) is 11.9. The molecule has 11 nitrogen and oxygen atoms in total. The quantitative estimate of drug-likeness (QED) is 0.0215. The van der Waals surface area contributed by atoms with Gasteiger partial charge in [-0.05, 0) is 77.0 Å². The van der Waals surface area contributed by atoms with Crippen LogP contribution < -0.4 is 5.32 Å². The van der Waals surface area contributed by atoms with E-state index in [9.17, 15) is 40.5 Å². The van der Waals surface area contributed by atoms with Gasteiger partial charge in [-0.2, -0.15) is 0 Å². The van der Waals surface area contributed by atoms with E-state index in [4.69, 9.17) is 9.47 Å². The SMILES string of the molecule is CCCCCC/C=C\CCCCCCCCC(O)C(=O)NC(COC1OC(CO)C(O)C(O)C1O)C(O)C(O)CCC/C=C/CC/C=C/CCCCCCCCCCCCCCCCCCCCC. The van der Waals surface area contributed by atoms with Gasteiger partial charge in [0, 0.05) is 0 Å². The number of carbonyl (C=O) groups is 1. The van der Waals surface area contributed by atoms with Crippen LogP contribution in [0.25, 0.3) is 0 Å². The van der Waals surface area contributed by atoms with Crippen molar-refractivity contribution < 1.29 is 50.0 Å². The van der Waals surface area contributed by atoms with Crippen molar-refractivity contribution in [1.82, 2.24) is 5.32 Å². The maximum atomic E-state index is 13.1. The van der Waals surface area contributed by atoms with E-state index in [1.54, 1.807) is 0 Å². The molecule has 1 aliphatic heterocycles. The molecule has 1 rings (SSSR count). The summed E-state index contributed by atoms with van der Waals surface area (Å²) in [6.07, 6.45) is 46.4. The van der Waals surface area contributed by atoms with Crippen molar-refractivity contribution in [2.45, 2.75) is 313 Å². The first-order chi connectivity index (χ1) is 33.7. The molecule has 0 spiro atoms. The largest absolute Gasteiger partial charge is 0.394 e. The molecule has 0 aromatic carbocycles. The fourth-order valence-corrected chi connectivity index (χ4v) is 9.16. The highest BCUT2D eigenvalue weighted by Gasteiger charge is 2.44. The summed E-state index contributed by atoms with van der Waals surface area (Å²) in [6.45, 7) is 3.43. The number of aliphatic hydroxyl groups is 7. The lowest BCUT2D eigenvalue weighted by Gasteiger charge is -2.40. The van der Waals surface area contributed by atoms with Crippen LogP contribution in [0.3, 0.4) is 0 Å². The molecule has 0 aromatic rings. The normalized spacial score (nSPS) is 20.6. The predicted molar refractivity (Wildman–Crippen MR) is 284 cm³/mol. The van der Waals surface area contributed by atoms with E-state index < -0.39 is 74.2 Å². The fraction of sp³-hybridized carbons (Fsp3) is 0.879. The van der Waals surface area contributed by atoms with Crippen molar-refractivity contribution in [2.24, 2.45) is 0 Å². The van der Waals surface area contributed by atoms with E-state index in [-0.39, 0.29) is 12.8 Å². The highest BCUT2D eigenvalue weighted by molar-refractivity contribution is 5.80. The summed E-state index contributed by atoms with van der Waals surface area (Å²) < 4.78 is 11.1. The Balaban J connectivity index is 2.31. The van der Waals surface area contributed by atoms with Gasteiger partial charge in [0.15, 0.2) is 6.29 Å². The Morgan fingerprint density at radius 1 is 0.493 bits per heavy atom. The Kier molecular flexibility index (Phi) is 44.8. The lowest BCUT2D eigenvalue weighted by Crippen LogP contribution is -2.60. The van der Waals surface area contributed by atoms with Crippen LogP contribution in [0, 0.1) is 0 Å². The molecule has 1 heterocycles. The zero-order chi connectivity index (χ0) is 50.4. The molecule has 0 radical (unpaired) electrons. The standard InChI is InChI=1S/C58H109NO10/c1-3-5-7-9-11-13-15-17-19-20-21-22-23-24-25-26-27-28-29-30-31-32-34-35-37-39-41-43-45-50(61)53(63)49(48-68-58-56(66)55(65)54(64)52(47-60)69-58)59-57(67)51(62)46-44-42-40-38-36-33-18-16-14-12-10-8-6-4-2/h14,16,31-32,37,39,49-56,58,60-66H,3-13,15,17-30,33-36,38,40-48H2,1-2H3,(H,59,67)/b16-14-,32-31+,39-37+. The zero-order valence-corrected chi connectivity index (χ0v) is 44.3. The summed E-state index contributed by atoms with van der Waals surface area (Å²) >= 11 is 0. The van der Waals surface area contributed by atoms with Crippen LogP contribution in [0.15, 0.2) is 36.5 Å². The summed E-state index contributed by atoms with van der Waals surface area (Å²) in [4.78, 5) is 13.1. The van der Waals surface area contributed by atoms with Crippen LogP contribution in [0.1, 0.15) is 258 Å². The molecule has 1 amide bonds. The molecule has 0 aliphatic carbocycles. The summed E-state index contributed by atoms with van der Waals surface area (Å²) in [5.41, 5.74) is 0. The van der Waals surface area contributed by atoms with E-state index in [2.05, 4.69) is 55.6 Å². The highest BCUT2D eigenvalue weighted by Crippen LogP contribution is 2.23. The molecule has 1 saturated heterocycles. The molecule has 0 saturated carbocycles. The van der Waals surface area contributed by atoms with Gasteiger partial charge in [0.25, 0.3) is 0 Å². The Labute approximate surface area is 422 Å². The van der Waals surface area contributed by atoms with Crippen molar-refractivity contribution >= 4 is 5.91 Å². The molecular weight excluding hydrogens is 871 g/mol.